The van der Waals surface area contributed by atoms with Crippen LogP contribution in [-0.4, -0.2) is 42.0 Å². The predicted molar refractivity (Wildman–Crippen MR) is 135 cm³/mol. The molecule has 0 aliphatic heterocycles. The fourth-order valence-corrected chi connectivity index (χ4v) is 3.69. The number of aromatic hydroxyl groups is 1. The standard InChI is InChI=1S/C28H38O7/c1-2-3-4-5-6-7-8-9-10-13-18-35-28(32)24-14-11-12-15-26(24)34-20-19-33-22-16-17-23(27(30)31)25(29)21-22/h11-12,14-17,21,29H,2-10,13,18-20H2,1H3,(H,30,31). The van der Waals surface area contributed by atoms with Gasteiger partial charge in [-0.3, -0.25) is 0 Å². The van der Waals surface area contributed by atoms with E-state index in [2.05, 4.69) is 6.92 Å². The van der Waals surface area contributed by atoms with Crippen molar-refractivity contribution < 1.29 is 34.0 Å². The number of benzene rings is 2. The van der Waals surface area contributed by atoms with Crippen LogP contribution in [0.25, 0.3) is 0 Å². The van der Waals surface area contributed by atoms with Gasteiger partial charge in [-0.2, -0.15) is 0 Å². The fourth-order valence-electron chi connectivity index (χ4n) is 3.69. The van der Waals surface area contributed by atoms with Gasteiger partial charge in [0.1, 0.15) is 41.6 Å². The lowest BCUT2D eigenvalue weighted by atomic mass is 10.1. The Kier molecular flexibility index (Phi) is 13.1. The number of carbonyl (C=O) groups excluding carboxylic acids is 1. The van der Waals surface area contributed by atoms with Crippen molar-refractivity contribution in [3.8, 4) is 17.2 Å². The van der Waals surface area contributed by atoms with E-state index in [1.807, 2.05) is 0 Å². The zero-order chi connectivity index (χ0) is 25.3. The number of para-hydroxylation sites is 1. The third kappa shape index (κ3) is 10.7. The second-order valence-electron chi connectivity index (χ2n) is 8.50. The molecule has 2 aromatic carbocycles. The third-order valence-corrected chi connectivity index (χ3v) is 5.65. The number of hydrogen-bond acceptors (Lipinski definition) is 6. The molecule has 2 rings (SSSR count). The monoisotopic (exact) mass is 486 g/mol. The minimum Gasteiger partial charge on any atom is -0.507 e. The first-order valence-corrected chi connectivity index (χ1v) is 12.6. The molecule has 0 fully saturated rings. The summed E-state index contributed by atoms with van der Waals surface area (Å²) in [6, 6.07) is 10.9. The van der Waals surface area contributed by atoms with Crippen molar-refractivity contribution >= 4 is 11.9 Å². The zero-order valence-corrected chi connectivity index (χ0v) is 20.7. The summed E-state index contributed by atoms with van der Waals surface area (Å²) in [4.78, 5) is 23.4. The van der Waals surface area contributed by atoms with E-state index in [0.29, 0.717) is 23.7 Å². The summed E-state index contributed by atoms with van der Waals surface area (Å²) < 4.78 is 16.6. The van der Waals surface area contributed by atoms with Gasteiger partial charge in [-0.05, 0) is 30.7 Å². The summed E-state index contributed by atoms with van der Waals surface area (Å²) in [6.07, 6.45) is 12.2. The molecule has 0 atom stereocenters. The fraction of sp³-hybridized carbons (Fsp3) is 0.500. The van der Waals surface area contributed by atoms with E-state index in [-0.39, 0.29) is 24.5 Å². The van der Waals surface area contributed by atoms with Gasteiger partial charge in [-0.1, -0.05) is 76.8 Å². The first kappa shape index (κ1) is 28.0. The largest absolute Gasteiger partial charge is 0.507 e. The van der Waals surface area contributed by atoms with Gasteiger partial charge in [0.15, 0.2) is 0 Å². The quantitative estimate of drug-likeness (QED) is 0.180. The molecule has 0 radical (unpaired) electrons. The molecule has 0 aromatic heterocycles. The summed E-state index contributed by atoms with van der Waals surface area (Å²) >= 11 is 0. The van der Waals surface area contributed by atoms with Crippen LogP contribution in [0.2, 0.25) is 0 Å². The Bertz CT molecular complexity index is 910. The molecule has 0 saturated heterocycles. The molecule has 0 aliphatic rings. The summed E-state index contributed by atoms with van der Waals surface area (Å²) in [5.74, 6) is -1.26. The van der Waals surface area contributed by atoms with Crippen LogP contribution in [0.15, 0.2) is 42.5 Å². The van der Waals surface area contributed by atoms with Crippen molar-refractivity contribution in [1.82, 2.24) is 0 Å². The number of unbranched alkanes of at least 4 members (excludes halogenated alkanes) is 9. The van der Waals surface area contributed by atoms with Crippen LogP contribution < -0.4 is 9.47 Å². The second-order valence-corrected chi connectivity index (χ2v) is 8.50. The normalized spacial score (nSPS) is 10.7. The Labute approximate surface area is 208 Å². The Hall–Kier alpha value is -3.22. The van der Waals surface area contributed by atoms with Crippen LogP contribution in [0.1, 0.15) is 91.8 Å². The van der Waals surface area contributed by atoms with Crippen molar-refractivity contribution in [3.05, 3.63) is 53.6 Å². The minimum absolute atomic E-state index is 0.147. The van der Waals surface area contributed by atoms with Crippen molar-refractivity contribution in [3.63, 3.8) is 0 Å². The molecule has 0 amide bonds. The highest BCUT2D eigenvalue weighted by Crippen LogP contribution is 2.24. The third-order valence-electron chi connectivity index (χ3n) is 5.65. The van der Waals surface area contributed by atoms with Gasteiger partial charge < -0.3 is 24.4 Å². The lowest BCUT2D eigenvalue weighted by Gasteiger charge is -2.12. The lowest BCUT2D eigenvalue weighted by Crippen LogP contribution is -2.13. The van der Waals surface area contributed by atoms with Crippen LogP contribution >= 0.6 is 0 Å². The van der Waals surface area contributed by atoms with Gasteiger partial charge in [-0.15, -0.1) is 0 Å². The molecule has 7 nitrogen and oxygen atoms in total. The molecular weight excluding hydrogens is 448 g/mol. The number of carboxylic acid groups (broad SMARTS) is 1. The molecule has 0 aliphatic carbocycles. The summed E-state index contributed by atoms with van der Waals surface area (Å²) in [6.45, 7) is 2.93. The maximum Gasteiger partial charge on any atom is 0.341 e. The molecule has 7 heteroatoms. The van der Waals surface area contributed by atoms with Crippen molar-refractivity contribution in [2.75, 3.05) is 19.8 Å². The van der Waals surface area contributed by atoms with Crippen LogP contribution in [0, 0.1) is 0 Å². The van der Waals surface area contributed by atoms with Gasteiger partial charge in [0.25, 0.3) is 0 Å². The molecule has 2 aromatic rings. The van der Waals surface area contributed by atoms with Gasteiger partial charge in [0, 0.05) is 6.07 Å². The highest BCUT2D eigenvalue weighted by atomic mass is 16.5. The Morgan fingerprint density at radius 3 is 2.03 bits per heavy atom. The van der Waals surface area contributed by atoms with E-state index in [0.717, 1.165) is 12.8 Å². The van der Waals surface area contributed by atoms with Gasteiger partial charge in [0.2, 0.25) is 0 Å². The molecular formula is C28H38O7. The van der Waals surface area contributed by atoms with E-state index in [1.54, 1.807) is 24.3 Å². The number of ether oxygens (including phenoxy) is 3. The summed E-state index contributed by atoms with van der Waals surface area (Å²) in [5, 5.41) is 18.7. The zero-order valence-electron chi connectivity index (χ0n) is 20.7. The lowest BCUT2D eigenvalue weighted by molar-refractivity contribution is 0.0491. The highest BCUT2D eigenvalue weighted by Gasteiger charge is 2.14. The molecule has 0 saturated carbocycles. The van der Waals surface area contributed by atoms with E-state index < -0.39 is 11.9 Å². The molecule has 0 spiro atoms. The maximum atomic E-state index is 12.5. The predicted octanol–water partition coefficient (Wildman–Crippen LogP) is 6.63. The van der Waals surface area contributed by atoms with Crippen molar-refractivity contribution in [2.24, 2.45) is 0 Å². The number of carbonyl (C=O) groups is 2. The first-order valence-electron chi connectivity index (χ1n) is 12.6. The highest BCUT2D eigenvalue weighted by molar-refractivity contribution is 5.92. The molecule has 192 valence electrons. The Morgan fingerprint density at radius 1 is 0.743 bits per heavy atom. The number of phenols is 1. The van der Waals surface area contributed by atoms with Crippen LogP contribution in [0.5, 0.6) is 17.2 Å². The number of carboxylic acids is 1. The second kappa shape index (κ2) is 16.4. The average Bonchev–Trinajstić information content (AvgIpc) is 2.85. The smallest absolute Gasteiger partial charge is 0.341 e. The molecule has 2 N–H and O–H groups in total. The minimum atomic E-state index is -1.21. The van der Waals surface area contributed by atoms with Crippen LogP contribution in [0.3, 0.4) is 0 Å². The Morgan fingerprint density at radius 2 is 1.37 bits per heavy atom. The van der Waals surface area contributed by atoms with E-state index in [4.69, 9.17) is 19.3 Å². The average molecular weight is 487 g/mol. The van der Waals surface area contributed by atoms with E-state index in [9.17, 15) is 14.7 Å². The van der Waals surface area contributed by atoms with Gasteiger partial charge in [0.05, 0.1) is 6.61 Å². The van der Waals surface area contributed by atoms with Crippen molar-refractivity contribution in [1.29, 1.82) is 0 Å². The maximum absolute atomic E-state index is 12.5. The molecule has 35 heavy (non-hydrogen) atoms. The van der Waals surface area contributed by atoms with Gasteiger partial charge >= 0.3 is 11.9 Å². The Balaban J connectivity index is 1.65. The first-order chi connectivity index (χ1) is 17.0. The van der Waals surface area contributed by atoms with E-state index in [1.165, 1.54) is 69.6 Å². The van der Waals surface area contributed by atoms with Crippen LogP contribution in [-0.2, 0) is 4.74 Å². The van der Waals surface area contributed by atoms with Crippen molar-refractivity contribution in [2.45, 2.75) is 71.1 Å². The number of aromatic carboxylic acids is 1. The van der Waals surface area contributed by atoms with Gasteiger partial charge in [-0.25, -0.2) is 9.59 Å². The molecule has 0 unspecified atom stereocenters. The number of rotatable bonds is 18. The van der Waals surface area contributed by atoms with Crippen LogP contribution in [0.4, 0.5) is 0 Å². The molecule has 0 heterocycles. The topological polar surface area (TPSA) is 102 Å². The number of esters is 1. The molecule has 0 bridgehead atoms. The number of hydrogen-bond donors (Lipinski definition) is 2. The SMILES string of the molecule is CCCCCCCCCCCCOC(=O)c1ccccc1OCCOc1ccc(C(=O)O)c(O)c1. The summed E-state index contributed by atoms with van der Waals surface area (Å²) in [7, 11) is 0. The van der Waals surface area contributed by atoms with E-state index >= 15 is 0 Å². The summed E-state index contributed by atoms with van der Waals surface area (Å²) in [5.41, 5.74) is 0.168.